The lowest BCUT2D eigenvalue weighted by molar-refractivity contribution is 0.660. The third-order valence-electron chi connectivity index (χ3n) is 14.5. The maximum atomic E-state index is 2.48. The van der Waals surface area contributed by atoms with Crippen LogP contribution >= 0.6 is 0 Å². The number of benzene rings is 10. The molecule has 0 bridgehead atoms. The molecule has 0 amide bonds. The lowest BCUT2D eigenvalue weighted by Gasteiger charge is -2.23. The van der Waals surface area contributed by atoms with Crippen LogP contribution in [0.15, 0.2) is 212 Å². The zero-order valence-electron chi connectivity index (χ0n) is 36.8. The highest BCUT2D eigenvalue weighted by molar-refractivity contribution is 6.22. The molecule has 0 heteroatoms. The van der Waals surface area contributed by atoms with Crippen LogP contribution in [0.3, 0.4) is 0 Å². The van der Waals surface area contributed by atoms with E-state index in [0.29, 0.717) is 0 Å². The van der Waals surface area contributed by atoms with Crippen molar-refractivity contribution in [3.63, 3.8) is 0 Å². The van der Waals surface area contributed by atoms with Crippen molar-refractivity contribution in [1.29, 1.82) is 0 Å². The normalized spacial score (nSPS) is 13.9. The van der Waals surface area contributed by atoms with Crippen molar-refractivity contribution >= 4 is 33.2 Å². The van der Waals surface area contributed by atoms with Gasteiger partial charge in [-0.15, -0.1) is 0 Å². The number of rotatable bonds is 6. The molecule has 0 fully saturated rings. The predicted octanol–water partition coefficient (Wildman–Crippen LogP) is 17.2. The summed E-state index contributed by atoms with van der Waals surface area (Å²) in [6, 6.07) is 79.2. The van der Waals surface area contributed by atoms with E-state index in [4.69, 9.17) is 0 Å². The maximum Gasteiger partial charge on any atom is 0.0159 e. The van der Waals surface area contributed by atoms with Crippen molar-refractivity contribution < 1.29 is 0 Å². The average Bonchev–Trinajstić information content (AvgIpc) is 3.71. The van der Waals surface area contributed by atoms with E-state index >= 15 is 0 Å². The Balaban J connectivity index is 1.07. The van der Waals surface area contributed by atoms with Crippen molar-refractivity contribution in [2.75, 3.05) is 0 Å². The van der Waals surface area contributed by atoms with Crippen LogP contribution in [0.25, 0.3) is 88.8 Å². The molecule has 304 valence electrons. The monoisotopic (exact) mass is 816 g/mol. The molecule has 64 heavy (non-hydrogen) atoms. The molecule has 2 aliphatic carbocycles. The van der Waals surface area contributed by atoms with Crippen molar-refractivity contribution in [3.8, 4) is 55.6 Å². The molecule has 10 aromatic carbocycles. The second kappa shape index (κ2) is 14.5. The van der Waals surface area contributed by atoms with Crippen LogP contribution in [0.2, 0.25) is 0 Å². The molecular weight excluding hydrogens is 769 g/mol. The Kier molecular flexibility index (Phi) is 8.65. The molecular formula is C64H48. The lowest BCUT2D eigenvalue weighted by Crippen LogP contribution is -2.14. The Bertz CT molecular complexity index is 3470. The molecule has 0 nitrogen and oxygen atoms in total. The molecule has 12 rings (SSSR count). The van der Waals surface area contributed by atoms with Gasteiger partial charge in [-0.05, 0) is 146 Å². The fourth-order valence-corrected chi connectivity index (χ4v) is 11.2. The van der Waals surface area contributed by atoms with Gasteiger partial charge in [-0.25, -0.2) is 0 Å². The minimum Gasteiger partial charge on any atom is -0.0622 e. The Morgan fingerprint density at radius 1 is 0.312 bits per heavy atom. The summed E-state index contributed by atoms with van der Waals surface area (Å²) in [6.45, 7) is 9.48. The Hall–Kier alpha value is -7.54. The van der Waals surface area contributed by atoms with Crippen LogP contribution in [-0.2, 0) is 10.8 Å². The number of hydrogen-bond acceptors (Lipinski definition) is 0. The van der Waals surface area contributed by atoms with Crippen LogP contribution in [0.5, 0.6) is 0 Å². The third-order valence-corrected chi connectivity index (χ3v) is 14.5. The van der Waals surface area contributed by atoms with Crippen molar-refractivity contribution in [2.45, 2.75) is 38.5 Å². The predicted molar refractivity (Wildman–Crippen MR) is 273 cm³/mol. The summed E-state index contributed by atoms with van der Waals surface area (Å²) in [6.07, 6.45) is 2.32. The Morgan fingerprint density at radius 2 is 0.766 bits per heavy atom. The summed E-state index contributed by atoms with van der Waals surface area (Å²) in [5.74, 6) is 0. The summed E-state index contributed by atoms with van der Waals surface area (Å²) in [7, 11) is 0. The van der Waals surface area contributed by atoms with Gasteiger partial charge in [0.05, 0.1) is 0 Å². The fourth-order valence-electron chi connectivity index (χ4n) is 11.2. The Morgan fingerprint density at radius 3 is 1.42 bits per heavy atom. The molecule has 2 aliphatic rings. The van der Waals surface area contributed by atoms with Gasteiger partial charge in [0.15, 0.2) is 0 Å². The molecule has 0 heterocycles. The smallest absolute Gasteiger partial charge is 0.0159 e. The van der Waals surface area contributed by atoms with Gasteiger partial charge in [-0.1, -0.05) is 222 Å². The molecule has 0 aromatic heterocycles. The van der Waals surface area contributed by atoms with Gasteiger partial charge in [-0.3, -0.25) is 0 Å². The second-order valence-corrected chi connectivity index (χ2v) is 18.8. The van der Waals surface area contributed by atoms with E-state index in [9.17, 15) is 0 Å². The maximum absolute atomic E-state index is 2.48. The van der Waals surface area contributed by atoms with E-state index in [2.05, 4.69) is 246 Å². The fraction of sp³-hybridized carbons (Fsp3) is 0.0938. The van der Waals surface area contributed by atoms with E-state index in [1.165, 1.54) is 122 Å². The summed E-state index contributed by atoms with van der Waals surface area (Å²) in [4.78, 5) is 0. The van der Waals surface area contributed by atoms with Crippen LogP contribution in [0.1, 0.15) is 66.6 Å². The zero-order valence-corrected chi connectivity index (χ0v) is 36.8. The largest absolute Gasteiger partial charge is 0.0622 e. The molecule has 0 spiro atoms. The second-order valence-electron chi connectivity index (χ2n) is 18.8. The number of hydrogen-bond donors (Lipinski definition) is 0. The average molecular weight is 817 g/mol. The van der Waals surface area contributed by atoms with Gasteiger partial charge in [0.2, 0.25) is 0 Å². The first-order valence-corrected chi connectivity index (χ1v) is 22.7. The van der Waals surface area contributed by atoms with Crippen LogP contribution < -0.4 is 0 Å². The number of fused-ring (bicyclic) bond motifs is 8. The van der Waals surface area contributed by atoms with Crippen LogP contribution in [-0.4, -0.2) is 0 Å². The van der Waals surface area contributed by atoms with Gasteiger partial charge < -0.3 is 0 Å². The molecule has 0 radical (unpaired) electrons. The van der Waals surface area contributed by atoms with Gasteiger partial charge in [0, 0.05) is 10.8 Å². The van der Waals surface area contributed by atoms with Gasteiger partial charge in [0.1, 0.15) is 0 Å². The molecule has 0 unspecified atom stereocenters. The molecule has 0 N–H and O–H groups in total. The molecule has 0 saturated carbocycles. The van der Waals surface area contributed by atoms with E-state index in [1.54, 1.807) is 0 Å². The van der Waals surface area contributed by atoms with E-state index < -0.39 is 0 Å². The minimum absolute atomic E-state index is 0.0586. The first kappa shape index (κ1) is 38.2. The van der Waals surface area contributed by atoms with Crippen molar-refractivity contribution in [2.24, 2.45) is 0 Å². The van der Waals surface area contributed by atoms with E-state index in [1.807, 2.05) is 0 Å². The first-order valence-electron chi connectivity index (χ1n) is 22.7. The van der Waals surface area contributed by atoms with Crippen molar-refractivity contribution in [1.82, 2.24) is 0 Å². The first-order chi connectivity index (χ1) is 31.3. The molecule has 0 aliphatic heterocycles. The standard InChI is InChI=1S/C64H48/c1-63(2)58-26-16-14-22-49(58)55-39-47(33-36-59(55)63)62-52-24-12-11-23-51(52)61(44-29-27-41(28-30-44)37-54(42-17-7-5-8-18-42)43-19-9-6-10-20-43)53-35-32-45(38-56(53)62)46-31-34-50-48-21-13-15-25-57(48)64(3,4)60(50)40-46/h5-40H,1-4H3. The molecule has 0 atom stereocenters. The zero-order chi connectivity index (χ0) is 43.2. The minimum atomic E-state index is -0.0773. The highest BCUT2D eigenvalue weighted by atomic mass is 14.4. The summed E-state index contributed by atoms with van der Waals surface area (Å²) < 4.78 is 0. The van der Waals surface area contributed by atoms with Gasteiger partial charge in [0.25, 0.3) is 0 Å². The van der Waals surface area contributed by atoms with E-state index in [-0.39, 0.29) is 10.8 Å². The van der Waals surface area contributed by atoms with Crippen LogP contribution in [0, 0.1) is 0 Å². The van der Waals surface area contributed by atoms with Gasteiger partial charge >= 0.3 is 0 Å². The summed E-state index contributed by atoms with van der Waals surface area (Å²) >= 11 is 0. The van der Waals surface area contributed by atoms with Crippen LogP contribution in [0.4, 0.5) is 0 Å². The van der Waals surface area contributed by atoms with Gasteiger partial charge in [-0.2, -0.15) is 0 Å². The molecule has 0 saturated heterocycles. The lowest BCUT2D eigenvalue weighted by atomic mass is 9.80. The quantitative estimate of drug-likeness (QED) is 0.116. The summed E-state index contributed by atoms with van der Waals surface area (Å²) in [5.41, 5.74) is 23.1. The highest BCUT2D eigenvalue weighted by Gasteiger charge is 2.36. The topological polar surface area (TPSA) is 0 Å². The SMILES string of the molecule is CC1(C)c2ccccc2-c2cc(-c3c4ccccc4c(-c4ccc(C=C(c5ccccc5)c5ccccc5)cc4)c4ccc(-c5ccc6c(c5)C(C)(C)c5ccccc5-6)cc34)ccc21. The molecule has 10 aromatic rings. The third kappa shape index (κ3) is 5.90. The van der Waals surface area contributed by atoms with E-state index in [0.717, 1.165) is 0 Å². The highest BCUT2D eigenvalue weighted by Crippen LogP contribution is 2.53. The summed E-state index contributed by atoms with van der Waals surface area (Å²) in [5, 5.41) is 5.04. The van der Waals surface area contributed by atoms with Crippen molar-refractivity contribution in [3.05, 3.63) is 251 Å². The Labute approximate surface area is 376 Å².